The largest absolute Gasteiger partial charge is 0.494 e. The summed E-state index contributed by atoms with van der Waals surface area (Å²) in [6.07, 6.45) is 0. The van der Waals surface area contributed by atoms with Crippen LogP contribution < -0.4 is 15.8 Å². The second-order valence-electron chi connectivity index (χ2n) is 6.25. The number of amides is 2. The van der Waals surface area contributed by atoms with E-state index < -0.39 is 5.91 Å². The minimum atomic E-state index is -0.593. The number of hydrogen-bond acceptors (Lipinski definition) is 6. The Labute approximate surface area is 178 Å². The molecule has 1 aromatic heterocycles. The summed E-state index contributed by atoms with van der Waals surface area (Å²) in [5.74, 6) is 0.786. The van der Waals surface area contributed by atoms with E-state index >= 15 is 0 Å². The molecule has 3 N–H and O–H groups in total. The van der Waals surface area contributed by atoms with Crippen molar-refractivity contribution in [2.24, 2.45) is 5.73 Å². The second-order valence-corrected chi connectivity index (χ2v) is 7.20. The lowest BCUT2D eigenvalue weighted by molar-refractivity contribution is -0.113. The van der Waals surface area contributed by atoms with Gasteiger partial charge in [0.2, 0.25) is 5.91 Å². The number of rotatable bonds is 9. The van der Waals surface area contributed by atoms with Crippen molar-refractivity contribution < 1.29 is 14.3 Å². The third-order valence-electron chi connectivity index (χ3n) is 4.26. The molecule has 3 rings (SSSR count). The topological polar surface area (TPSA) is 112 Å². The van der Waals surface area contributed by atoms with Gasteiger partial charge in [0.15, 0.2) is 11.0 Å². The molecule has 0 aliphatic rings. The molecular formula is C21H23N5O3S. The number of benzene rings is 2. The molecule has 0 aliphatic carbocycles. The zero-order chi connectivity index (χ0) is 21.5. The van der Waals surface area contributed by atoms with Crippen LogP contribution >= 0.6 is 11.8 Å². The second kappa shape index (κ2) is 9.93. The maximum atomic E-state index is 12.4. The van der Waals surface area contributed by atoms with E-state index in [9.17, 15) is 9.59 Å². The number of carbonyl (C=O) groups excluding carboxylic acids is 2. The number of anilines is 1. The van der Waals surface area contributed by atoms with Gasteiger partial charge in [0, 0.05) is 12.1 Å². The molecule has 0 radical (unpaired) electrons. The molecule has 1 heterocycles. The highest BCUT2D eigenvalue weighted by Crippen LogP contribution is 2.26. The summed E-state index contributed by atoms with van der Waals surface area (Å²) in [5, 5.41) is 11.9. The van der Waals surface area contributed by atoms with Crippen molar-refractivity contribution in [1.29, 1.82) is 0 Å². The van der Waals surface area contributed by atoms with Gasteiger partial charge in [-0.3, -0.25) is 9.59 Å². The zero-order valence-electron chi connectivity index (χ0n) is 16.8. The standard InChI is InChI=1S/C21H23N5O3S/c1-3-26-20(14-9-11-15(12-10-14)29-4-2)24-25-21(26)30-13-18(27)23-17-8-6-5-7-16(17)19(22)28/h5-12H,3-4,13H2,1-2H3,(H2,22,28)(H,23,27). The Kier molecular flexibility index (Phi) is 7.08. The van der Waals surface area contributed by atoms with Crippen LogP contribution in [-0.4, -0.2) is 38.9 Å². The molecular weight excluding hydrogens is 402 g/mol. The van der Waals surface area contributed by atoms with Crippen LogP contribution in [0.15, 0.2) is 53.7 Å². The molecule has 0 unspecified atom stereocenters. The first kappa shape index (κ1) is 21.4. The number of primary amides is 1. The highest BCUT2D eigenvalue weighted by atomic mass is 32.2. The Balaban J connectivity index is 1.69. The molecule has 3 aromatic rings. The van der Waals surface area contributed by atoms with Crippen LogP contribution in [0.25, 0.3) is 11.4 Å². The molecule has 0 saturated carbocycles. The van der Waals surface area contributed by atoms with Crippen LogP contribution in [0.3, 0.4) is 0 Å². The van der Waals surface area contributed by atoms with E-state index in [-0.39, 0.29) is 17.2 Å². The number of carbonyl (C=O) groups is 2. The quantitative estimate of drug-likeness (QED) is 0.509. The lowest BCUT2D eigenvalue weighted by atomic mass is 10.1. The average molecular weight is 426 g/mol. The van der Waals surface area contributed by atoms with Crippen molar-refractivity contribution in [1.82, 2.24) is 14.8 Å². The molecule has 2 aromatic carbocycles. The number of aromatic nitrogens is 3. The minimum Gasteiger partial charge on any atom is -0.494 e. The number of hydrogen-bond donors (Lipinski definition) is 2. The first-order valence-corrected chi connectivity index (χ1v) is 10.5. The number of nitrogens with one attached hydrogen (secondary N) is 1. The number of nitrogens with zero attached hydrogens (tertiary/aromatic N) is 3. The molecule has 0 fully saturated rings. The van der Waals surface area contributed by atoms with Crippen molar-refractivity contribution in [2.45, 2.75) is 25.5 Å². The van der Waals surface area contributed by atoms with Crippen molar-refractivity contribution in [3.63, 3.8) is 0 Å². The molecule has 8 nitrogen and oxygen atoms in total. The molecule has 2 amide bonds. The van der Waals surface area contributed by atoms with Crippen LogP contribution in [0.4, 0.5) is 5.69 Å². The van der Waals surface area contributed by atoms with Gasteiger partial charge in [-0.2, -0.15) is 0 Å². The molecule has 0 bridgehead atoms. The molecule has 0 aliphatic heterocycles. The van der Waals surface area contributed by atoms with E-state index in [1.54, 1.807) is 24.3 Å². The van der Waals surface area contributed by atoms with Gasteiger partial charge in [-0.1, -0.05) is 23.9 Å². The van der Waals surface area contributed by atoms with E-state index in [1.807, 2.05) is 42.7 Å². The predicted molar refractivity (Wildman–Crippen MR) is 117 cm³/mol. The zero-order valence-corrected chi connectivity index (χ0v) is 17.6. The lowest BCUT2D eigenvalue weighted by Crippen LogP contribution is -2.19. The Morgan fingerprint density at radius 3 is 2.50 bits per heavy atom. The summed E-state index contributed by atoms with van der Waals surface area (Å²) < 4.78 is 7.42. The van der Waals surface area contributed by atoms with Crippen molar-refractivity contribution in [3.05, 3.63) is 54.1 Å². The summed E-state index contributed by atoms with van der Waals surface area (Å²) in [5.41, 5.74) is 6.93. The van der Waals surface area contributed by atoms with E-state index in [1.165, 1.54) is 11.8 Å². The van der Waals surface area contributed by atoms with Crippen molar-refractivity contribution >= 4 is 29.3 Å². The van der Waals surface area contributed by atoms with Gasteiger partial charge < -0.3 is 20.4 Å². The smallest absolute Gasteiger partial charge is 0.250 e. The molecule has 0 spiro atoms. The van der Waals surface area contributed by atoms with Crippen LogP contribution in [0.5, 0.6) is 5.75 Å². The fourth-order valence-corrected chi connectivity index (χ4v) is 3.69. The molecule has 0 atom stereocenters. The van der Waals surface area contributed by atoms with Crippen molar-refractivity contribution in [3.8, 4) is 17.1 Å². The number of para-hydroxylation sites is 1. The average Bonchev–Trinajstić information content (AvgIpc) is 3.16. The highest BCUT2D eigenvalue weighted by molar-refractivity contribution is 7.99. The molecule has 0 saturated heterocycles. The highest BCUT2D eigenvalue weighted by Gasteiger charge is 2.16. The minimum absolute atomic E-state index is 0.120. The van der Waals surface area contributed by atoms with E-state index in [4.69, 9.17) is 10.5 Å². The maximum Gasteiger partial charge on any atom is 0.250 e. The fraction of sp³-hybridized carbons (Fsp3) is 0.238. The number of nitrogens with two attached hydrogens (primary N) is 1. The molecule has 156 valence electrons. The molecule has 30 heavy (non-hydrogen) atoms. The summed E-state index contributed by atoms with van der Waals surface area (Å²) in [4.78, 5) is 23.9. The normalized spacial score (nSPS) is 10.6. The maximum absolute atomic E-state index is 12.4. The first-order valence-electron chi connectivity index (χ1n) is 9.51. The van der Waals surface area contributed by atoms with Gasteiger partial charge in [-0.15, -0.1) is 10.2 Å². The number of thioether (sulfide) groups is 1. The van der Waals surface area contributed by atoms with Crippen LogP contribution in [0, 0.1) is 0 Å². The van der Waals surface area contributed by atoms with Gasteiger partial charge >= 0.3 is 0 Å². The Bertz CT molecular complexity index is 1030. The third kappa shape index (κ3) is 4.98. The van der Waals surface area contributed by atoms with Gasteiger partial charge in [-0.05, 0) is 50.2 Å². The Hall–Kier alpha value is -3.33. The van der Waals surface area contributed by atoms with Crippen LogP contribution in [0.2, 0.25) is 0 Å². The van der Waals surface area contributed by atoms with Crippen LogP contribution in [0.1, 0.15) is 24.2 Å². The van der Waals surface area contributed by atoms with Gasteiger partial charge in [-0.25, -0.2) is 0 Å². The fourth-order valence-electron chi connectivity index (χ4n) is 2.88. The Morgan fingerprint density at radius 1 is 1.10 bits per heavy atom. The summed E-state index contributed by atoms with van der Waals surface area (Å²) in [6.45, 7) is 5.20. The Morgan fingerprint density at radius 2 is 1.83 bits per heavy atom. The van der Waals surface area contributed by atoms with E-state index in [2.05, 4.69) is 15.5 Å². The monoisotopic (exact) mass is 425 g/mol. The summed E-state index contributed by atoms with van der Waals surface area (Å²) in [6, 6.07) is 14.3. The van der Waals surface area contributed by atoms with Crippen molar-refractivity contribution in [2.75, 3.05) is 17.7 Å². The lowest BCUT2D eigenvalue weighted by Gasteiger charge is -2.10. The van der Waals surface area contributed by atoms with Crippen LogP contribution in [-0.2, 0) is 11.3 Å². The van der Waals surface area contributed by atoms with E-state index in [0.29, 0.717) is 24.0 Å². The van der Waals surface area contributed by atoms with Gasteiger partial charge in [0.25, 0.3) is 5.91 Å². The summed E-state index contributed by atoms with van der Waals surface area (Å²) in [7, 11) is 0. The predicted octanol–water partition coefficient (Wildman–Crippen LogP) is 3.19. The van der Waals surface area contributed by atoms with Gasteiger partial charge in [0.05, 0.1) is 23.6 Å². The molecule has 9 heteroatoms. The van der Waals surface area contributed by atoms with E-state index in [0.717, 1.165) is 17.1 Å². The summed E-state index contributed by atoms with van der Waals surface area (Å²) >= 11 is 1.28. The SMILES string of the molecule is CCOc1ccc(-c2nnc(SCC(=O)Nc3ccccc3C(N)=O)n2CC)cc1. The van der Waals surface area contributed by atoms with Gasteiger partial charge in [0.1, 0.15) is 5.75 Å². The third-order valence-corrected chi connectivity index (χ3v) is 5.22. The number of ether oxygens (including phenoxy) is 1. The first-order chi connectivity index (χ1) is 14.5.